The first-order chi connectivity index (χ1) is 9.08. The summed E-state index contributed by atoms with van der Waals surface area (Å²) in [5.41, 5.74) is 6.86. The Hall–Kier alpha value is -1.33. The van der Waals surface area contributed by atoms with E-state index in [1.807, 2.05) is 0 Å². The lowest BCUT2D eigenvalue weighted by Gasteiger charge is -2.05. The van der Waals surface area contributed by atoms with Gasteiger partial charge in [0.15, 0.2) is 0 Å². The molecule has 0 aliphatic rings. The summed E-state index contributed by atoms with van der Waals surface area (Å²) in [6.07, 6.45) is 1.03. The molecule has 2 rings (SSSR count). The fourth-order valence-electron chi connectivity index (χ4n) is 1.72. The molecule has 0 aliphatic heterocycles. The minimum atomic E-state index is -0.112. The van der Waals surface area contributed by atoms with Crippen molar-refractivity contribution >= 4 is 38.9 Å². The highest BCUT2D eigenvalue weighted by molar-refractivity contribution is 9.10. The number of anilines is 1. The molecule has 2 aromatic rings. The van der Waals surface area contributed by atoms with E-state index in [1.54, 1.807) is 29.5 Å². The van der Waals surface area contributed by atoms with Crippen molar-refractivity contribution in [1.29, 1.82) is 0 Å². The molecule has 0 atom stereocenters. The Morgan fingerprint density at radius 1 is 1.32 bits per heavy atom. The summed E-state index contributed by atoms with van der Waals surface area (Å²) in [7, 11) is 0. The second kappa shape index (κ2) is 6.21. The number of nitrogens with one attached hydrogen (secondary N) is 1. The van der Waals surface area contributed by atoms with Crippen LogP contribution < -0.4 is 11.1 Å². The highest BCUT2D eigenvalue weighted by Crippen LogP contribution is 2.19. The molecular weight excluding hydrogens is 324 g/mol. The van der Waals surface area contributed by atoms with Crippen LogP contribution >= 0.6 is 27.3 Å². The average molecular weight is 339 g/mol. The maximum absolute atomic E-state index is 12.0. The fraction of sp³-hybridized carbons (Fsp3) is 0.214. The third-order valence-corrected chi connectivity index (χ3v) is 4.36. The molecule has 1 amide bonds. The predicted molar refractivity (Wildman–Crippen MR) is 83.4 cm³/mol. The molecular formula is C14H15BrN2OS. The van der Waals surface area contributed by atoms with E-state index in [9.17, 15) is 4.79 Å². The van der Waals surface area contributed by atoms with Crippen LogP contribution in [0.2, 0.25) is 0 Å². The lowest BCUT2D eigenvalue weighted by Crippen LogP contribution is -2.22. The van der Waals surface area contributed by atoms with Crippen LogP contribution in [0.25, 0.3) is 0 Å². The molecule has 0 unspecified atom stereocenters. The number of nitrogen functional groups attached to an aromatic ring is 1. The summed E-state index contributed by atoms with van der Waals surface area (Å²) >= 11 is 5.06. The predicted octanol–water partition coefficient (Wildman–Crippen LogP) is 3.59. The highest BCUT2D eigenvalue weighted by atomic mass is 79.9. The van der Waals surface area contributed by atoms with Crippen LogP contribution in [0.3, 0.4) is 0 Å². The number of nitrogens with two attached hydrogens (primary N) is 1. The SMILES string of the molecule is CCc1ccc(CNC(=O)c2cc(N)cc(Br)c2)s1. The third kappa shape index (κ3) is 3.81. The molecule has 0 bridgehead atoms. The van der Waals surface area contributed by atoms with Crippen molar-refractivity contribution in [1.82, 2.24) is 5.32 Å². The summed E-state index contributed by atoms with van der Waals surface area (Å²) in [6, 6.07) is 9.36. The molecule has 19 heavy (non-hydrogen) atoms. The summed E-state index contributed by atoms with van der Waals surface area (Å²) in [5, 5.41) is 2.90. The lowest BCUT2D eigenvalue weighted by molar-refractivity contribution is 0.0951. The smallest absolute Gasteiger partial charge is 0.251 e. The summed E-state index contributed by atoms with van der Waals surface area (Å²) < 4.78 is 0.807. The van der Waals surface area contributed by atoms with E-state index in [-0.39, 0.29) is 5.91 Å². The van der Waals surface area contributed by atoms with Crippen molar-refractivity contribution in [2.45, 2.75) is 19.9 Å². The number of thiophene rings is 1. The Bertz CT molecular complexity index is 575. The van der Waals surface area contributed by atoms with E-state index in [2.05, 4.69) is 40.3 Å². The van der Waals surface area contributed by atoms with Gasteiger partial charge in [0, 0.05) is 25.5 Å². The van der Waals surface area contributed by atoms with Gasteiger partial charge in [-0.15, -0.1) is 11.3 Å². The monoisotopic (exact) mass is 338 g/mol. The average Bonchev–Trinajstić information content (AvgIpc) is 2.82. The molecule has 3 nitrogen and oxygen atoms in total. The topological polar surface area (TPSA) is 55.1 Å². The summed E-state index contributed by atoms with van der Waals surface area (Å²) in [4.78, 5) is 14.5. The molecule has 5 heteroatoms. The van der Waals surface area contributed by atoms with Gasteiger partial charge in [0.1, 0.15) is 0 Å². The Labute approximate surface area is 125 Å². The third-order valence-electron chi connectivity index (χ3n) is 2.67. The molecule has 1 aromatic carbocycles. The van der Waals surface area contributed by atoms with Gasteiger partial charge in [-0.05, 0) is 36.8 Å². The van der Waals surface area contributed by atoms with Crippen molar-refractivity contribution < 1.29 is 4.79 Å². The maximum atomic E-state index is 12.0. The fourth-order valence-corrected chi connectivity index (χ4v) is 3.13. The van der Waals surface area contributed by atoms with Crippen molar-refractivity contribution in [2.75, 3.05) is 5.73 Å². The molecule has 0 saturated heterocycles. The molecule has 3 N–H and O–H groups in total. The Kier molecular flexibility index (Phi) is 4.61. The number of carbonyl (C=O) groups excluding carboxylic acids is 1. The van der Waals surface area contributed by atoms with Crippen molar-refractivity contribution in [3.63, 3.8) is 0 Å². The van der Waals surface area contributed by atoms with Crippen molar-refractivity contribution in [3.8, 4) is 0 Å². The highest BCUT2D eigenvalue weighted by Gasteiger charge is 2.08. The summed E-state index contributed by atoms with van der Waals surface area (Å²) in [5.74, 6) is -0.112. The number of carbonyl (C=O) groups is 1. The number of aryl methyl sites for hydroxylation is 1. The van der Waals surface area contributed by atoms with Gasteiger partial charge in [-0.3, -0.25) is 4.79 Å². The number of benzene rings is 1. The summed E-state index contributed by atoms with van der Waals surface area (Å²) in [6.45, 7) is 2.67. The minimum Gasteiger partial charge on any atom is -0.399 e. The Morgan fingerprint density at radius 3 is 2.68 bits per heavy atom. The minimum absolute atomic E-state index is 0.112. The molecule has 1 aromatic heterocycles. The number of rotatable bonds is 4. The number of hydrogen-bond donors (Lipinski definition) is 2. The van der Waals surface area contributed by atoms with Crippen LogP contribution in [0.4, 0.5) is 5.69 Å². The van der Waals surface area contributed by atoms with Gasteiger partial charge in [-0.2, -0.15) is 0 Å². The lowest BCUT2D eigenvalue weighted by atomic mass is 10.2. The molecule has 100 valence electrons. The molecule has 0 radical (unpaired) electrons. The first-order valence-corrected chi connectivity index (χ1v) is 7.61. The molecule has 1 heterocycles. The van der Waals surface area contributed by atoms with Crippen LogP contribution in [0.15, 0.2) is 34.8 Å². The normalized spacial score (nSPS) is 10.4. The first-order valence-electron chi connectivity index (χ1n) is 6.00. The quantitative estimate of drug-likeness (QED) is 0.837. The van der Waals surface area contributed by atoms with E-state index in [1.165, 1.54) is 4.88 Å². The zero-order valence-corrected chi connectivity index (χ0v) is 13.0. The zero-order valence-electron chi connectivity index (χ0n) is 10.6. The van der Waals surface area contributed by atoms with Gasteiger partial charge >= 0.3 is 0 Å². The molecule has 0 aliphatic carbocycles. The van der Waals surface area contributed by atoms with Gasteiger partial charge in [0.2, 0.25) is 0 Å². The van der Waals surface area contributed by atoms with Gasteiger partial charge in [-0.25, -0.2) is 0 Å². The largest absolute Gasteiger partial charge is 0.399 e. The van der Waals surface area contributed by atoms with Gasteiger partial charge in [0.05, 0.1) is 6.54 Å². The van der Waals surface area contributed by atoms with Gasteiger partial charge < -0.3 is 11.1 Å². The van der Waals surface area contributed by atoms with Crippen LogP contribution in [-0.2, 0) is 13.0 Å². The Morgan fingerprint density at radius 2 is 2.05 bits per heavy atom. The zero-order chi connectivity index (χ0) is 13.8. The standard InChI is InChI=1S/C14H15BrN2OS/c1-2-12-3-4-13(19-12)8-17-14(18)9-5-10(15)7-11(16)6-9/h3-7H,2,8,16H2,1H3,(H,17,18). The van der Waals surface area contributed by atoms with E-state index in [4.69, 9.17) is 5.73 Å². The van der Waals surface area contributed by atoms with Crippen LogP contribution in [0.1, 0.15) is 27.0 Å². The first kappa shape index (κ1) is 14.1. The van der Waals surface area contributed by atoms with Crippen molar-refractivity contribution in [3.05, 3.63) is 50.1 Å². The molecule has 0 saturated carbocycles. The number of hydrogen-bond acceptors (Lipinski definition) is 3. The van der Waals surface area contributed by atoms with E-state index in [0.717, 1.165) is 15.8 Å². The van der Waals surface area contributed by atoms with E-state index < -0.39 is 0 Å². The second-order valence-corrected chi connectivity index (χ2v) is 6.35. The number of halogens is 1. The van der Waals surface area contributed by atoms with Gasteiger partial charge in [0.25, 0.3) is 5.91 Å². The number of amides is 1. The van der Waals surface area contributed by atoms with E-state index >= 15 is 0 Å². The van der Waals surface area contributed by atoms with Crippen LogP contribution in [0.5, 0.6) is 0 Å². The van der Waals surface area contributed by atoms with Crippen LogP contribution in [-0.4, -0.2) is 5.91 Å². The maximum Gasteiger partial charge on any atom is 0.251 e. The van der Waals surface area contributed by atoms with E-state index in [0.29, 0.717) is 17.8 Å². The van der Waals surface area contributed by atoms with Crippen LogP contribution in [0, 0.1) is 0 Å². The van der Waals surface area contributed by atoms with Crippen molar-refractivity contribution in [2.24, 2.45) is 0 Å². The van der Waals surface area contributed by atoms with Gasteiger partial charge in [-0.1, -0.05) is 22.9 Å². The molecule has 0 spiro atoms. The molecule has 0 fully saturated rings. The Balaban J connectivity index is 2.00. The second-order valence-electron chi connectivity index (χ2n) is 4.18.